The van der Waals surface area contributed by atoms with Crippen molar-refractivity contribution in [2.24, 2.45) is 0 Å². The quantitative estimate of drug-likeness (QED) is 0.611. The first kappa shape index (κ1) is 7.54. The molecule has 0 spiro atoms. The zero-order chi connectivity index (χ0) is 12.3. The van der Waals surface area contributed by atoms with Crippen LogP contribution >= 0.6 is 0 Å². The van der Waals surface area contributed by atoms with Crippen LogP contribution in [0.2, 0.25) is 0 Å². The van der Waals surface area contributed by atoms with Gasteiger partial charge in [0.25, 0.3) is 0 Å². The summed E-state index contributed by atoms with van der Waals surface area (Å²) in [5.41, 5.74) is 0.145. The molecule has 76 valence electrons. The van der Waals surface area contributed by atoms with E-state index in [2.05, 4.69) is 9.97 Å². The summed E-state index contributed by atoms with van der Waals surface area (Å²) < 4.78 is 15.3. The first-order chi connectivity index (χ1) is 7.38. The molecule has 0 aromatic carbocycles. The number of imidazole rings is 1. The Labute approximate surface area is 83.2 Å². The van der Waals surface area contributed by atoms with Gasteiger partial charge in [0.15, 0.2) is 0 Å². The molecule has 0 aliphatic carbocycles. The third-order valence-corrected chi connectivity index (χ3v) is 1.36. The molecule has 2 atom stereocenters. The summed E-state index contributed by atoms with van der Waals surface area (Å²) in [6, 6.07) is -2.43. The highest BCUT2D eigenvalue weighted by atomic mass is 16.4. The van der Waals surface area contributed by atoms with E-state index in [1.165, 1.54) is 12.5 Å². The van der Waals surface area contributed by atoms with Gasteiger partial charge in [0.1, 0.15) is 6.02 Å². The van der Waals surface area contributed by atoms with Crippen LogP contribution in [0.25, 0.3) is 0 Å². The highest BCUT2D eigenvalue weighted by Crippen LogP contribution is 1.98. The minimum atomic E-state index is -2.43. The lowest BCUT2D eigenvalue weighted by atomic mass is 10.1. The molecule has 1 aromatic rings. The van der Waals surface area contributed by atoms with Crippen LogP contribution in [0.5, 0.6) is 0 Å². The average molecular weight is 199 g/mol. The Balaban J connectivity index is 3.02. The van der Waals surface area contributed by atoms with Crippen molar-refractivity contribution in [2.75, 3.05) is 0 Å². The second-order valence-corrected chi connectivity index (χ2v) is 2.55. The molecule has 0 radical (unpaired) electrons. The molecule has 1 aromatic heterocycles. The van der Waals surface area contributed by atoms with Crippen molar-refractivity contribution < 1.29 is 17.4 Å². The molecule has 0 saturated heterocycles. The largest absolute Gasteiger partial charge is 0.480 e. The van der Waals surface area contributed by atoms with E-state index in [-0.39, 0.29) is 5.69 Å². The number of nitrogens with one attached hydrogen (secondary N) is 2. The van der Waals surface area contributed by atoms with Gasteiger partial charge in [-0.15, -0.1) is 0 Å². The van der Waals surface area contributed by atoms with Crippen molar-refractivity contribution in [1.82, 2.24) is 15.3 Å². The lowest BCUT2D eigenvalue weighted by Gasteiger charge is -2.11. The second-order valence-electron chi connectivity index (χ2n) is 2.55. The molecule has 1 heterocycles. The third-order valence-electron chi connectivity index (χ3n) is 1.36. The average Bonchev–Trinajstić information content (AvgIpc) is 2.67. The van der Waals surface area contributed by atoms with Gasteiger partial charge in [0, 0.05) is 26.6 Å². The fourth-order valence-electron chi connectivity index (χ4n) is 0.842. The van der Waals surface area contributed by atoms with Crippen molar-refractivity contribution in [2.45, 2.75) is 19.3 Å². The summed E-state index contributed by atoms with van der Waals surface area (Å²) in [5.74, 6) is -2.29. The van der Waals surface area contributed by atoms with Crippen LogP contribution in [0.3, 0.4) is 0 Å². The molecule has 0 fully saturated rings. The summed E-state index contributed by atoms with van der Waals surface area (Å²) in [4.78, 5) is 27.9. The Hall–Kier alpha value is -1.85. The fourth-order valence-corrected chi connectivity index (χ4v) is 0.842. The van der Waals surface area contributed by atoms with Crippen molar-refractivity contribution >= 4 is 11.9 Å². The zero-order valence-electron chi connectivity index (χ0n) is 9.44. The number of aromatic nitrogens is 2. The number of carboxylic acids is 1. The van der Waals surface area contributed by atoms with Gasteiger partial charge in [0.2, 0.25) is 5.91 Å². The van der Waals surface area contributed by atoms with E-state index in [1.54, 1.807) is 0 Å². The van der Waals surface area contributed by atoms with E-state index in [4.69, 9.17) is 7.85 Å². The number of carbonyl (C=O) groups excluding carboxylic acids is 1. The number of hydrogen-bond acceptors (Lipinski definition) is 3. The minimum absolute atomic E-state index is 0.145. The molecule has 1 amide bonds. The second kappa shape index (κ2) is 4.40. The van der Waals surface area contributed by atoms with Gasteiger partial charge in [0.05, 0.1) is 7.70 Å². The Morgan fingerprint density at radius 1 is 1.93 bits per heavy atom. The smallest absolute Gasteiger partial charge is 0.326 e. The fraction of sp³-hybridized carbons (Fsp3) is 0.375. The third kappa shape index (κ3) is 2.89. The number of aliphatic carboxylic acids is 1. The predicted octanol–water partition coefficient (Wildman–Crippen LogP) is -0.459. The lowest BCUT2D eigenvalue weighted by Crippen LogP contribution is -2.41. The van der Waals surface area contributed by atoms with Crippen molar-refractivity contribution in [3.63, 3.8) is 0 Å². The number of carbonyl (C=O) groups is 2. The van der Waals surface area contributed by atoms with Crippen LogP contribution in [0.1, 0.15) is 15.4 Å². The summed E-state index contributed by atoms with van der Waals surface area (Å²) in [6.07, 6.45) is 1.02. The van der Waals surface area contributed by atoms with Gasteiger partial charge in [-0.2, -0.15) is 0 Å². The van der Waals surface area contributed by atoms with E-state index in [1.807, 2.05) is 5.32 Å². The van der Waals surface area contributed by atoms with Gasteiger partial charge in [-0.25, -0.2) is 9.78 Å². The number of amides is 1. The SMILES string of the molecule is [2H][C@H](c1cnc[nH]1)[C@@]([2H])(NC(C)=O)C(=O)O. The standard InChI is InChI=1S/C8H11N3O3/c1-5(12)11-7(8(13)14)2-6-3-9-4-10-6/h3-4,7H,2H2,1H3,(H,9,10)(H,11,12)(H,13,14)/t7-/m1/s1/i2D,7D/t2-,7-. The van der Waals surface area contributed by atoms with Crippen molar-refractivity contribution in [3.05, 3.63) is 18.2 Å². The predicted molar refractivity (Wildman–Crippen MR) is 47.5 cm³/mol. The lowest BCUT2D eigenvalue weighted by molar-refractivity contribution is -0.141. The molecule has 6 heteroatoms. The maximum Gasteiger partial charge on any atom is 0.326 e. The Bertz CT molecular complexity index is 395. The molecule has 0 bridgehead atoms. The molecule has 0 aliphatic heterocycles. The summed E-state index contributed by atoms with van der Waals surface area (Å²) in [5, 5.41) is 10.8. The van der Waals surface area contributed by atoms with E-state index in [0.29, 0.717) is 0 Å². The Morgan fingerprint density at radius 2 is 2.64 bits per heavy atom. The van der Waals surface area contributed by atoms with E-state index < -0.39 is 24.3 Å². The van der Waals surface area contributed by atoms with E-state index in [0.717, 1.165) is 6.92 Å². The van der Waals surface area contributed by atoms with Crippen LogP contribution in [0.4, 0.5) is 0 Å². The number of nitrogens with zero attached hydrogens (tertiary/aromatic N) is 1. The molecule has 14 heavy (non-hydrogen) atoms. The van der Waals surface area contributed by atoms with Gasteiger partial charge in [-0.3, -0.25) is 4.79 Å². The first-order valence-electron chi connectivity index (χ1n) is 4.88. The number of carboxylic acid groups (broad SMARTS) is 1. The Kier molecular flexibility index (Phi) is 2.37. The maximum atomic E-state index is 10.9. The van der Waals surface area contributed by atoms with Crippen molar-refractivity contribution in [1.29, 1.82) is 0 Å². The van der Waals surface area contributed by atoms with Crippen LogP contribution in [0, 0.1) is 0 Å². The van der Waals surface area contributed by atoms with Gasteiger partial charge in [-0.1, -0.05) is 0 Å². The van der Waals surface area contributed by atoms with E-state index >= 15 is 0 Å². The van der Waals surface area contributed by atoms with Crippen LogP contribution in [-0.4, -0.2) is 33.0 Å². The van der Waals surface area contributed by atoms with Crippen LogP contribution in [0.15, 0.2) is 12.5 Å². The van der Waals surface area contributed by atoms with E-state index in [9.17, 15) is 9.59 Å². The molecular weight excluding hydrogens is 186 g/mol. The van der Waals surface area contributed by atoms with Crippen molar-refractivity contribution in [3.8, 4) is 0 Å². The molecule has 0 saturated carbocycles. The minimum Gasteiger partial charge on any atom is -0.480 e. The van der Waals surface area contributed by atoms with Crippen LogP contribution < -0.4 is 5.32 Å². The highest BCUT2D eigenvalue weighted by Gasteiger charge is 2.18. The van der Waals surface area contributed by atoms with Gasteiger partial charge >= 0.3 is 5.97 Å². The molecular formula is C8H11N3O3. The van der Waals surface area contributed by atoms with Gasteiger partial charge < -0.3 is 15.4 Å². The molecule has 6 nitrogen and oxygen atoms in total. The summed E-state index contributed by atoms with van der Waals surface area (Å²) in [7, 11) is 0. The van der Waals surface area contributed by atoms with Crippen LogP contribution in [-0.2, 0) is 16.0 Å². The molecule has 1 rings (SSSR count). The monoisotopic (exact) mass is 199 g/mol. The summed E-state index contributed by atoms with van der Waals surface area (Å²) in [6.45, 7) is 1.09. The molecule has 3 N–H and O–H groups in total. The highest BCUT2D eigenvalue weighted by molar-refractivity contribution is 5.82. The topological polar surface area (TPSA) is 95.1 Å². The molecule has 0 unspecified atom stereocenters. The Morgan fingerprint density at radius 3 is 3.07 bits per heavy atom. The normalized spacial score (nSPS) is 18.6. The van der Waals surface area contributed by atoms with Gasteiger partial charge in [-0.05, 0) is 0 Å². The first-order valence-corrected chi connectivity index (χ1v) is 3.80. The number of aromatic amines is 1. The number of H-pyrrole nitrogens is 1. The number of hydrogen-bond donors (Lipinski definition) is 3. The maximum absolute atomic E-state index is 10.9. The summed E-state index contributed by atoms with van der Waals surface area (Å²) >= 11 is 0. The zero-order valence-corrected chi connectivity index (χ0v) is 7.44. The number of rotatable bonds is 4. The molecule has 0 aliphatic rings.